The largest absolute Gasteiger partial charge is 0.508 e. The van der Waals surface area contributed by atoms with Crippen molar-refractivity contribution >= 4 is 47.3 Å². The molecule has 0 bridgehead atoms. The fraction of sp³-hybridized carbons (Fsp3) is 0.689. The molecule has 1 saturated heterocycles. The third-order valence-corrected chi connectivity index (χ3v) is 11.2. The van der Waals surface area contributed by atoms with Crippen LogP contribution in [0.3, 0.4) is 0 Å². The van der Waals surface area contributed by atoms with Crippen LogP contribution >= 0.6 is 0 Å². The summed E-state index contributed by atoms with van der Waals surface area (Å²) in [6.45, 7) is 7.46. The van der Waals surface area contributed by atoms with Gasteiger partial charge >= 0.3 is 5.97 Å². The smallest absolute Gasteiger partial charge is 0.305 e. The molecule has 2 rings (SSSR count). The third kappa shape index (κ3) is 24.5. The summed E-state index contributed by atoms with van der Waals surface area (Å²) in [5.74, 6) is -4.48. The lowest BCUT2D eigenvalue weighted by molar-refractivity contribution is -0.138. The molecule has 20 heteroatoms. The molecule has 0 spiro atoms. The van der Waals surface area contributed by atoms with E-state index in [2.05, 4.69) is 37.2 Å². The number of nitrogens with one attached hydrogen (secondary N) is 7. The van der Waals surface area contributed by atoms with E-state index in [0.29, 0.717) is 50.8 Å². The van der Waals surface area contributed by atoms with Gasteiger partial charge in [0.1, 0.15) is 5.75 Å². The van der Waals surface area contributed by atoms with Gasteiger partial charge in [0.15, 0.2) is 0 Å². The molecule has 1 heterocycles. The Morgan fingerprint density at radius 1 is 0.754 bits per heavy atom. The Kier molecular flexibility index (Phi) is 25.7. The molecule has 1 aliphatic heterocycles. The van der Waals surface area contributed by atoms with Crippen molar-refractivity contribution in [1.82, 2.24) is 37.2 Å². The van der Waals surface area contributed by atoms with Crippen molar-refractivity contribution in [3.05, 3.63) is 29.8 Å². The standard InChI is InChI=1S/C45H75N9O11/c1-27(2)36-24-43(62)49-31(9-7-16-46)20-40(59)50-32(12-15-38(57)48-17-6-5-8-30(47)19-39(58)53-36)21-42(61)54-37(28(3)4)25-44(63)52-34(26-55)22-41(60)51-33(23-45(64)65)18-29-10-13-35(56)14-11-29/h10-11,13-14,27-28,30-34,36-37,55-56H,5-9,12,15-26,46-47H2,1-4H3,(H,48,57)(H,49,62)(H,50,59)(H,51,60)(H,52,63)(H,53,58)(H,54,61)(H,64,65)/t30-,31-,32-,33-,34+,36+,37+/m0/s1. The molecule has 1 aromatic rings. The van der Waals surface area contributed by atoms with Crippen LogP contribution in [0.2, 0.25) is 0 Å². The monoisotopic (exact) mass is 918 g/mol. The van der Waals surface area contributed by atoms with Crippen LogP contribution in [0, 0.1) is 11.8 Å². The SMILES string of the molecule is CC(C)[C@H]1CC(=O)N[C@@H](CCCN)CC(=O)N[C@H](CC(=O)N[C@H](CC(=O)N[C@@H](CO)CC(=O)N[C@H](CC(=O)O)Cc2ccc(O)cc2)C(C)C)CCC(=O)NCCCC[C@H](N)CC(=O)N1. The van der Waals surface area contributed by atoms with Crippen LogP contribution in [0.15, 0.2) is 24.3 Å². The van der Waals surface area contributed by atoms with E-state index in [1.807, 2.05) is 13.8 Å². The van der Waals surface area contributed by atoms with E-state index in [1.165, 1.54) is 12.1 Å². The lowest BCUT2D eigenvalue weighted by atomic mass is 9.98. The maximum atomic E-state index is 13.6. The molecular weight excluding hydrogens is 843 g/mol. The number of hydrogen-bond donors (Lipinski definition) is 12. The molecule has 14 N–H and O–H groups in total. The highest BCUT2D eigenvalue weighted by Gasteiger charge is 2.28. The van der Waals surface area contributed by atoms with Crippen LogP contribution in [0.4, 0.5) is 0 Å². The van der Waals surface area contributed by atoms with Crippen LogP contribution < -0.4 is 48.7 Å². The maximum Gasteiger partial charge on any atom is 0.305 e. The van der Waals surface area contributed by atoms with Crippen molar-refractivity contribution in [3.63, 3.8) is 0 Å². The fourth-order valence-electron chi connectivity index (χ4n) is 7.43. The minimum absolute atomic E-state index is 0.0121. The Morgan fingerprint density at radius 3 is 2.02 bits per heavy atom. The van der Waals surface area contributed by atoms with E-state index >= 15 is 0 Å². The molecule has 7 atom stereocenters. The average Bonchev–Trinajstić information content (AvgIpc) is 3.21. The maximum absolute atomic E-state index is 13.6. The molecule has 1 aliphatic rings. The normalized spacial score (nSPS) is 21.3. The van der Waals surface area contributed by atoms with Crippen LogP contribution in [-0.2, 0) is 44.8 Å². The summed E-state index contributed by atoms with van der Waals surface area (Å²) in [5, 5.41) is 48.7. The Hall–Kier alpha value is -5.34. The number of carbonyl (C=O) groups is 8. The predicted molar refractivity (Wildman–Crippen MR) is 242 cm³/mol. The van der Waals surface area contributed by atoms with E-state index in [9.17, 15) is 53.7 Å². The summed E-state index contributed by atoms with van der Waals surface area (Å²) in [6.07, 6.45) is 1.73. The summed E-state index contributed by atoms with van der Waals surface area (Å²) in [7, 11) is 0. The van der Waals surface area contributed by atoms with Crippen molar-refractivity contribution < 1.29 is 53.7 Å². The van der Waals surface area contributed by atoms with Gasteiger partial charge in [0.25, 0.3) is 0 Å². The second-order valence-corrected chi connectivity index (χ2v) is 17.8. The number of carbonyl (C=O) groups excluding carboxylic acids is 7. The molecule has 0 unspecified atom stereocenters. The number of aromatic hydroxyl groups is 1. The van der Waals surface area contributed by atoms with Gasteiger partial charge in [0.05, 0.1) is 19.1 Å². The number of aliphatic hydroxyl groups is 1. The molecule has 1 aromatic carbocycles. The predicted octanol–water partition coefficient (Wildman–Crippen LogP) is 0.110. The molecule has 0 radical (unpaired) electrons. The topological polar surface area (TPSA) is 333 Å². The fourth-order valence-corrected chi connectivity index (χ4v) is 7.43. The summed E-state index contributed by atoms with van der Waals surface area (Å²) in [6, 6.07) is 1.28. The number of amides is 7. The van der Waals surface area contributed by atoms with E-state index in [4.69, 9.17) is 11.5 Å². The zero-order valence-electron chi connectivity index (χ0n) is 38.5. The Morgan fingerprint density at radius 2 is 1.38 bits per heavy atom. The molecule has 0 aromatic heterocycles. The van der Waals surface area contributed by atoms with Gasteiger partial charge in [-0.1, -0.05) is 46.2 Å². The highest BCUT2D eigenvalue weighted by molar-refractivity contribution is 5.84. The molecule has 366 valence electrons. The first kappa shape index (κ1) is 55.8. The van der Waals surface area contributed by atoms with Gasteiger partial charge < -0.3 is 64.0 Å². The average molecular weight is 918 g/mol. The lowest BCUT2D eigenvalue weighted by Crippen LogP contribution is -2.49. The van der Waals surface area contributed by atoms with Crippen LogP contribution in [0.25, 0.3) is 0 Å². The summed E-state index contributed by atoms with van der Waals surface area (Å²) in [4.78, 5) is 104. The lowest BCUT2D eigenvalue weighted by Gasteiger charge is -2.26. The van der Waals surface area contributed by atoms with Gasteiger partial charge in [-0.3, -0.25) is 38.4 Å². The van der Waals surface area contributed by atoms with Gasteiger partial charge in [-0.2, -0.15) is 0 Å². The number of phenols is 1. The number of aliphatic hydroxyl groups excluding tert-OH is 1. The number of rotatable bonds is 19. The highest BCUT2D eigenvalue weighted by Crippen LogP contribution is 2.15. The van der Waals surface area contributed by atoms with Gasteiger partial charge in [0, 0.05) is 87.7 Å². The van der Waals surface area contributed by atoms with Crippen molar-refractivity contribution in [2.45, 2.75) is 166 Å². The Bertz CT molecular complexity index is 1700. The molecule has 7 amide bonds. The van der Waals surface area contributed by atoms with E-state index in [0.717, 1.165) is 0 Å². The number of phenolic OH excluding ortho intramolecular Hbond substituents is 1. The number of benzene rings is 1. The van der Waals surface area contributed by atoms with Gasteiger partial charge in [-0.05, 0) is 74.6 Å². The van der Waals surface area contributed by atoms with Crippen LogP contribution in [0.1, 0.15) is 123 Å². The first-order chi connectivity index (χ1) is 30.8. The number of carboxylic acids is 1. The zero-order chi connectivity index (χ0) is 48.5. The second kappa shape index (κ2) is 30.0. The molecular formula is C45H75N9O11. The molecule has 65 heavy (non-hydrogen) atoms. The van der Waals surface area contributed by atoms with Gasteiger partial charge in [-0.25, -0.2) is 0 Å². The number of nitrogens with two attached hydrogens (primary N) is 2. The van der Waals surface area contributed by atoms with Gasteiger partial charge in [0.2, 0.25) is 41.4 Å². The molecule has 1 fully saturated rings. The number of hydrogen-bond acceptors (Lipinski definition) is 12. The first-order valence-electron chi connectivity index (χ1n) is 22.9. The van der Waals surface area contributed by atoms with E-state index < -0.39 is 78.5 Å². The van der Waals surface area contributed by atoms with Crippen molar-refractivity contribution in [3.8, 4) is 5.75 Å². The molecule has 20 nitrogen and oxygen atoms in total. The Balaban J connectivity index is 2.14. The summed E-state index contributed by atoms with van der Waals surface area (Å²) < 4.78 is 0. The van der Waals surface area contributed by atoms with Gasteiger partial charge in [-0.15, -0.1) is 0 Å². The van der Waals surface area contributed by atoms with Crippen molar-refractivity contribution in [2.24, 2.45) is 23.3 Å². The Labute approximate surface area is 382 Å². The number of carboxylic acid groups (broad SMARTS) is 1. The van der Waals surface area contributed by atoms with E-state index in [1.54, 1.807) is 26.0 Å². The molecule has 0 saturated carbocycles. The van der Waals surface area contributed by atoms with E-state index in [-0.39, 0.29) is 99.5 Å². The molecule has 0 aliphatic carbocycles. The highest BCUT2D eigenvalue weighted by atomic mass is 16.4. The van der Waals surface area contributed by atoms with Crippen molar-refractivity contribution in [2.75, 3.05) is 19.7 Å². The number of aliphatic carboxylic acids is 1. The second-order valence-electron chi connectivity index (χ2n) is 17.8. The van der Waals surface area contributed by atoms with Crippen molar-refractivity contribution in [1.29, 1.82) is 0 Å². The summed E-state index contributed by atoms with van der Waals surface area (Å²) >= 11 is 0. The third-order valence-electron chi connectivity index (χ3n) is 11.2. The zero-order valence-corrected chi connectivity index (χ0v) is 38.5. The van der Waals surface area contributed by atoms with Crippen LogP contribution in [0.5, 0.6) is 5.75 Å². The minimum Gasteiger partial charge on any atom is -0.508 e. The minimum atomic E-state index is -1.14. The quantitative estimate of drug-likeness (QED) is 0.0878. The first-order valence-corrected chi connectivity index (χ1v) is 22.9. The van der Waals surface area contributed by atoms with Crippen LogP contribution in [-0.4, -0.2) is 125 Å². The summed E-state index contributed by atoms with van der Waals surface area (Å²) in [5.41, 5.74) is 12.7.